The van der Waals surface area contributed by atoms with Gasteiger partial charge in [-0.2, -0.15) is 0 Å². The summed E-state index contributed by atoms with van der Waals surface area (Å²) in [7, 11) is 4.06. The van der Waals surface area contributed by atoms with Gasteiger partial charge in [-0.05, 0) is 42.3 Å². The van der Waals surface area contributed by atoms with Gasteiger partial charge < -0.3 is 9.47 Å². The van der Waals surface area contributed by atoms with Crippen LogP contribution in [0.3, 0.4) is 0 Å². The summed E-state index contributed by atoms with van der Waals surface area (Å²) in [5.74, 6) is 15.4. The molecule has 0 aliphatic heterocycles. The molecule has 2 aromatic carbocycles. The number of nitrogens with zero attached hydrogens (tertiary/aromatic N) is 4. The monoisotopic (exact) mass is 564 g/mol. The predicted octanol–water partition coefficient (Wildman–Crippen LogP) is 5.41. The average Bonchev–Trinajstić information content (AvgIpc) is 3.58. The molecule has 2 heterocycles. The third-order valence-corrected chi connectivity index (χ3v) is 6.75. The van der Waals surface area contributed by atoms with Crippen LogP contribution in [0.5, 0.6) is 11.5 Å². The highest BCUT2D eigenvalue weighted by Crippen LogP contribution is 2.34. The zero-order valence-electron chi connectivity index (χ0n) is 25.9. The Morgan fingerprint density at radius 2 is 1.26 bits per heavy atom. The molecule has 2 aromatic heterocycles. The van der Waals surface area contributed by atoms with Gasteiger partial charge in [-0.1, -0.05) is 51.4 Å². The Bertz CT molecular complexity index is 1570. The first-order chi connectivity index (χ1) is 20.3. The summed E-state index contributed by atoms with van der Waals surface area (Å²) in [5.41, 5.74) is 3.91. The average molecular weight is 565 g/mol. The van der Waals surface area contributed by atoms with Gasteiger partial charge in [-0.25, -0.2) is 18.3 Å². The molecule has 0 atom stereocenters. The lowest BCUT2D eigenvalue weighted by molar-refractivity contribution is -0.671. The van der Waals surface area contributed by atoms with E-state index in [9.17, 15) is 0 Å². The van der Waals surface area contributed by atoms with Gasteiger partial charge in [0, 0.05) is 35.4 Å². The van der Waals surface area contributed by atoms with Crippen LogP contribution >= 0.6 is 0 Å². The van der Waals surface area contributed by atoms with E-state index >= 15 is 0 Å². The molecule has 218 valence electrons. The molecule has 4 aromatic rings. The Morgan fingerprint density at radius 3 is 1.76 bits per heavy atom. The quantitative estimate of drug-likeness (QED) is 0.139. The summed E-state index contributed by atoms with van der Waals surface area (Å²) >= 11 is 0. The highest BCUT2D eigenvalue weighted by Gasteiger charge is 2.15. The fourth-order valence-corrected chi connectivity index (χ4v) is 4.50. The predicted molar refractivity (Wildman–Crippen MR) is 166 cm³/mol. The van der Waals surface area contributed by atoms with E-state index in [1.165, 1.54) is 0 Å². The Hall–Kier alpha value is -4.42. The molecule has 0 radical (unpaired) electrons. The van der Waals surface area contributed by atoms with Crippen LogP contribution in [0.15, 0.2) is 73.8 Å². The smallest absolute Gasteiger partial charge is 0.243 e. The fraction of sp³-hybridized carbons (Fsp3) is 0.389. The second kappa shape index (κ2) is 15.0. The second-order valence-electron chi connectivity index (χ2n) is 11.3. The lowest BCUT2D eigenvalue weighted by Gasteiger charge is -2.18. The van der Waals surface area contributed by atoms with Crippen molar-refractivity contribution in [1.29, 1.82) is 0 Å². The van der Waals surface area contributed by atoms with Gasteiger partial charge in [0.25, 0.3) is 0 Å². The van der Waals surface area contributed by atoms with Crippen LogP contribution in [0, 0.1) is 29.6 Å². The minimum absolute atomic E-state index is 0.284. The van der Waals surface area contributed by atoms with Crippen molar-refractivity contribution in [3.05, 3.63) is 96.1 Å². The molecule has 0 amide bonds. The maximum absolute atomic E-state index is 6.36. The SMILES string of the molecule is CC(C)C#Cc1ccc(C#Cc2cc(OCCCn3cc[n+](C)c3)c(C(C)C)cc2OCCCn2cc[n+](C)c2)cc1. The molecule has 0 saturated heterocycles. The van der Waals surface area contributed by atoms with Gasteiger partial charge in [-0.15, -0.1) is 0 Å². The number of aromatic nitrogens is 4. The van der Waals surface area contributed by atoms with E-state index in [2.05, 4.69) is 97.7 Å². The minimum atomic E-state index is 0.284. The number of hydrogen-bond donors (Lipinski definition) is 0. The number of aryl methyl sites for hydroxylation is 4. The summed E-state index contributed by atoms with van der Waals surface area (Å²) in [6.07, 6.45) is 14.2. The van der Waals surface area contributed by atoms with E-state index in [-0.39, 0.29) is 5.92 Å². The van der Waals surface area contributed by atoms with Crippen molar-refractivity contribution in [3.63, 3.8) is 0 Å². The molecule has 6 heteroatoms. The van der Waals surface area contributed by atoms with Crippen molar-refractivity contribution in [2.75, 3.05) is 13.2 Å². The molecule has 42 heavy (non-hydrogen) atoms. The van der Waals surface area contributed by atoms with E-state index in [4.69, 9.17) is 9.47 Å². The maximum Gasteiger partial charge on any atom is 0.243 e. The standard InChI is InChI=1S/C36H44N4O2/c1-29(2)9-10-31-11-13-32(14-12-31)15-16-33-25-36(42-24-8-18-40-22-20-38(6)28-40)34(30(3)4)26-35(33)41-23-7-17-39-21-19-37(5)27-39/h11-14,19-22,25-30H,7-8,17-18,23-24H2,1-6H3/q+2. The summed E-state index contributed by atoms with van der Waals surface area (Å²) in [4.78, 5) is 0. The van der Waals surface area contributed by atoms with Crippen LogP contribution < -0.4 is 18.6 Å². The van der Waals surface area contributed by atoms with Crippen molar-refractivity contribution in [3.8, 4) is 35.2 Å². The normalized spacial score (nSPS) is 10.8. The van der Waals surface area contributed by atoms with Crippen molar-refractivity contribution in [1.82, 2.24) is 9.13 Å². The molecule has 0 saturated carbocycles. The Balaban J connectivity index is 1.53. The molecule has 6 nitrogen and oxygen atoms in total. The number of rotatable bonds is 11. The fourth-order valence-electron chi connectivity index (χ4n) is 4.50. The Labute approximate surface area is 251 Å². The Kier molecular flexibility index (Phi) is 10.9. The molecule has 0 bridgehead atoms. The number of benzene rings is 2. The Morgan fingerprint density at radius 1 is 0.714 bits per heavy atom. The first kappa shape index (κ1) is 30.5. The molecule has 4 rings (SSSR count). The first-order valence-electron chi connectivity index (χ1n) is 14.9. The van der Waals surface area contributed by atoms with E-state index in [0.717, 1.165) is 59.7 Å². The molecular formula is C36H44N4O2+2. The molecule has 0 N–H and O–H groups in total. The summed E-state index contributed by atoms with van der Waals surface area (Å²) in [6, 6.07) is 12.3. The third kappa shape index (κ3) is 9.32. The molecule has 0 fully saturated rings. The van der Waals surface area contributed by atoms with Gasteiger partial charge in [0.05, 0.1) is 46.0 Å². The summed E-state index contributed by atoms with van der Waals surface area (Å²) < 4.78 is 21.2. The van der Waals surface area contributed by atoms with Crippen LogP contribution in [-0.4, -0.2) is 22.3 Å². The van der Waals surface area contributed by atoms with Crippen molar-refractivity contribution >= 4 is 0 Å². The van der Waals surface area contributed by atoms with Crippen LogP contribution in [-0.2, 0) is 27.2 Å². The molecule has 0 aliphatic carbocycles. The summed E-state index contributed by atoms with van der Waals surface area (Å²) in [5, 5.41) is 0. The summed E-state index contributed by atoms with van der Waals surface area (Å²) in [6.45, 7) is 11.6. The minimum Gasteiger partial charge on any atom is -0.493 e. The number of hydrogen-bond acceptors (Lipinski definition) is 2. The van der Waals surface area contributed by atoms with Crippen LogP contribution in [0.4, 0.5) is 0 Å². The number of imidazole rings is 2. The highest BCUT2D eigenvalue weighted by atomic mass is 16.5. The molecule has 0 spiro atoms. The second-order valence-corrected chi connectivity index (χ2v) is 11.3. The maximum atomic E-state index is 6.36. The molecule has 0 unspecified atom stereocenters. The largest absolute Gasteiger partial charge is 0.493 e. The molecular weight excluding hydrogens is 520 g/mol. The van der Waals surface area contributed by atoms with Crippen LogP contribution in [0.1, 0.15) is 68.7 Å². The van der Waals surface area contributed by atoms with Gasteiger partial charge >= 0.3 is 0 Å². The van der Waals surface area contributed by atoms with Crippen LogP contribution in [0.25, 0.3) is 0 Å². The zero-order valence-corrected chi connectivity index (χ0v) is 25.9. The van der Waals surface area contributed by atoms with Gasteiger partial charge in [0.2, 0.25) is 12.7 Å². The van der Waals surface area contributed by atoms with E-state index in [0.29, 0.717) is 19.1 Å². The van der Waals surface area contributed by atoms with Crippen molar-refractivity contribution < 1.29 is 18.6 Å². The van der Waals surface area contributed by atoms with Gasteiger partial charge in [0.15, 0.2) is 0 Å². The van der Waals surface area contributed by atoms with Crippen molar-refractivity contribution in [2.45, 2.75) is 59.5 Å². The van der Waals surface area contributed by atoms with Crippen LogP contribution in [0.2, 0.25) is 0 Å². The number of ether oxygens (including phenoxy) is 2. The lowest BCUT2D eigenvalue weighted by atomic mass is 9.99. The third-order valence-electron chi connectivity index (χ3n) is 6.75. The zero-order chi connectivity index (χ0) is 29.9. The van der Waals surface area contributed by atoms with E-state index in [1.54, 1.807) is 0 Å². The van der Waals surface area contributed by atoms with Gasteiger partial charge in [0.1, 0.15) is 36.3 Å². The molecule has 0 aliphatic rings. The van der Waals surface area contributed by atoms with Crippen molar-refractivity contribution in [2.24, 2.45) is 20.0 Å². The first-order valence-corrected chi connectivity index (χ1v) is 14.9. The highest BCUT2D eigenvalue weighted by molar-refractivity contribution is 5.56. The van der Waals surface area contributed by atoms with E-state index in [1.807, 2.05) is 59.9 Å². The lowest BCUT2D eigenvalue weighted by Crippen LogP contribution is -2.23. The topological polar surface area (TPSA) is 36.1 Å². The van der Waals surface area contributed by atoms with E-state index < -0.39 is 0 Å². The van der Waals surface area contributed by atoms with Gasteiger partial charge in [-0.3, -0.25) is 0 Å².